The van der Waals surface area contributed by atoms with Crippen LogP contribution in [0.3, 0.4) is 0 Å². The highest BCUT2D eigenvalue weighted by Crippen LogP contribution is 2.22. The molecule has 108 valence electrons. The van der Waals surface area contributed by atoms with Crippen molar-refractivity contribution in [3.05, 3.63) is 11.6 Å². The van der Waals surface area contributed by atoms with E-state index in [1.807, 2.05) is 0 Å². The van der Waals surface area contributed by atoms with Crippen molar-refractivity contribution in [2.45, 2.75) is 83.5 Å². The Morgan fingerprint density at radius 1 is 1.05 bits per heavy atom. The summed E-state index contributed by atoms with van der Waals surface area (Å²) in [4.78, 5) is 0. The highest BCUT2D eigenvalue weighted by molar-refractivity contribution is 6.69. The maximum Gasteiger partial charge on any atom is 0.185 e. The van der Waals surface area contributed by atoms with E-state index in [1.54, 1.807) is 0 Å². The van der Waals surface area contributed by atoms with Gasteiger partial charge in [-0.1, -0.05) is 38.2 Å². The quantitative estimate of drug-likeness (QED) is 0.526. The van der Waals surface area contributed by atoms with Gasteiger partial charge in [-0.25, -0.2) is 0 Å². The standard InChI is InChI=1S/C16H29NOSi/c1-19(2,3)18-16(14-17)15-12-10-8-6-4-5-7-9-11-13-15/h12,16H,4-11,13H2,1-3H3/b15-12+. The van der Waals surface area contributed by atoms with Crippen LogP contribution in [-0.4, -0.2) is 14.4 Å². The first-order valence-corrected chi connectivity index (χ1v) is 11.2. The minimum Gasteiger partial charge on any atom is -0.399 e. The molecule has 0 spiro atoms. The van der Waals surface area contributed by atoms with E-state index >= 15 is 0 Å². The molecule has 3 heteroatoms. The Morgan fingerprint density at radius 3 is 2.21 bits per heavy atom. The van der Waals surface area contributed by atoms with Gasteiger partial charge in [0.25, 0.3) is 0 Å². The van der Waals surface area contributed by atoms with E-state index in [0.29, 0.717) is 0 Å². The van der Waals surface area contributed by atoms with Crippen molar-refractivity contribution in [3.63, 3.8) is 0 Å². The van der Waals surface area contributed by atoms with Crippen molar-refractivity contribution in [2.24, 2.45) is 0 Å². The van der Waals surface area contributed by atoms with Crippen molar-refractivity contribution in [1.29, 1.82) is 5.26 Å². The molecule has 0 heterocycles. The summed E-state index contributed by atoms with van der Waals surface area (Å²) in [5.41, 5.74) is 1.24. The summed E-state index contributed by atoms with van der Waals surface area (Å²) in [7, 11) is -1.65. The molecule has 0 saturated heterocycles. The lowest BCUT2D eigenvalue weighted by Gasteiger charge is -2.24. The SMILES string of the molecule is C[Si](C)(C)OC(C#N)/C1=C/CCCCCCCCC1. The molecule has 0 N–H and O–H groups in total. The first-order valence-electron chi connectivity index (χ1n) is 7.79. The summed E-state index contributed by atoms with van der Waals surface area (Å²) in [6.07, 6.45) is 13.3. The molecule has 19 heavy (non-hydrogen) atoms. The smallest absolute Gasteiger partial charge is 0.185 e. The van der Waals surface area contributed by atoms with E-state index in [1.165, 1.54) is 50.5 Å². The first kappa shape index (κ1) is 16.5. The molecule has 0 aromatic carbocycles. The lowest BCUT2D eigenvalue weighted by molar-refractivity contribution is 0.277. The molecule has 1 aliphatic carbocycles. The number of hydrogen-bond donors (Lipinski definition) is 0. The number of rotatable bonds is 3. The molecule has 0 fully saturated rings. The molecule has 0 bridgehead atoms. The third kappa shape index (κ3) is 7.54. The Kier molecular flexibility index (Phi) is 7.41. The van der Waals surface area contributed by atoms with Gasteiger partial charge in [0.05, 0.1) is 6.07 Å². The van der Waals surface area contributed by atoms with Gasteiger partial charge >= 0.3 is 0 Å². The third-order valence-electron chi connectivity index (χ3n) is 3.50. The fraction of sp³-hybridized carbons (Fsp3) is 0.812. The van der Waals surface area contributed by atoms with Gasteiger partial charge in [-0.2, -0.15) is 5.26 Å². The Morgan fingerprint density at radius 2 is 1.63 bits per heavy atom. The molecule has 0 aliphatic heterocycles. The maximum absolute atomic E-state index is 9.39. The van der Waals surface area contributed by atoms with E-state index in [4.69, 9.17) is 4.43 Å². The summed E-state index contributed by atoms with van der Waals surface area (Å²) in [6, 6.07) is 2.37. The second-order valence-corrected chi connectivity index (χ2v) is 11.0. The monoisotopic (exact) mass is 279 g/mol. The molecule has 0 aromatic heterocycles. The molecule has 0 saturated carbocycles. The predicted octanol–water partition coefficient (Wildman–Crippen LogP) is 5.18. The van der Waals surface area contributed by atoms with Crippen LogP contribution in [0.5, 0.6) is 0 Å². The van der Waals surface area contributed by atoms with Crippen LogP contribution in [0.4, 0.5) is 0 Å². The normalized spacial score (nSPS) is 23.6. The van der Waals surface area contributed by atoms with Gasteiger partial charge in [0, 0.05) is 0 Å². The Hall–Kier alpha value is -0.593. The van der Waals surface area contributed by atoms with Gasteiger partial charge < -0.3 is 4.43 Å². The van der Waals surface area contributed by atoms with Crippen LogP contribution in [0.1, 0.15) is 57.8 Å². The van der Waals surface area contributed by atoms with Crippen molar-refractivity contribution in [3.8, 4) is 6.07 Å². The van der Waals surface area contributed by atoms with Crippen molar-refractivity contribution < 1.29 is 4.43 Å². The molecular formula is C16H29NOSi. The fourth-order valence-electron chi connectivity index (χ4n) is 2.52. The van der Waals surface area contributed by atoms with Crippen LogP contribution in [-0.2, 0) is 4.43 Å². The van der Waals surface area contributed by atoms with Crippen molar-refractivity contribution >= 4 is 8.32 Å². The molecule has 1 aliphatic rings. The lowest BCUT2D eigenvalue weighted by atomic mass is 10.0. The molecule has 1 rings (SSSR count). The topological polar surface area (TPSA) is 33.0 Å². The number of hydrogen-bond acceptors (Lipinski definition) is 2. The molecule has 1 unspecified atom stereocenters. The van der Waals surface area contributed by atoms with E-state index in [0.717, 1.165) is 12.8 Å². The number of nitriles is 1. The van der Waals surface area contributed by atoms with E-state index in [9.17, 15) is 5.26 Å². The zero-order valence-electron chi connectivity index (χ0n) is 12.9. The number of allylic oxidation sites excluding steroid dienone is 1. The summed E-state index contributed by atoms with van der Waals surface area (Å²) in [5, 5.41) is 9.39. The van der Waals surface area contributed by atoms with E-state index in [2.05, 4.69) is 31.8 Å². The average molecular weight is 279 g/mol. The van der Waals surface area contributed by atoms with E-state index in [-0.39, 0.29) is 6.10 Å². The second kappa shape index (κ2) is 8.55. The van der Waals surface area contributed by atoms with Crippen LogP contribution in [0, 0.1) is 11.3 Å². The van der Waals surface area contributed by atoms with Gasteiger partial charge in [-0.15, -0.1) is 0 Å². The summed E-state index contributed by atoms with van der Waals surface area (Å²) in [6.45, 7) is 6.47. The second-order valence-electron chi connectivity index (χ2n) is 6.53. The number of nitrogens with zero attached hydrogens (tertiary/aromatic N) is 1. The van der Waals surface area contributed by atoms with Crippen LogP contribution < -0.4 is 0 Å². The molecule has 0 radical (unpaired) electrons. The van der Waals surface area contributed by atoms with Gasteiger partial charge in [-0.05, 0) is 50.9 Å². The molecular weight excluding hydrogens is 250 g/mol. The maximum atomic E-state index is 9.39. The first-order chi connectivity index (χ1) is 9.03. The molecule has 0 amide bonds. The Bertz CT molecular complexity index is 325. The zero-order valence-corrected chi connectivity index (χ0v) is 13.9. The largest absolute Gasteiger partial charge is 0.399 e. The summed E-state index contributed by atoms with van der Waals surface area (Å²) < 4.78 is 6.04. The third-order valence-corrected chi connectivity index (χ3v) is 4.44. The van der Waals surface area contributed by atoms with Crippen LogP contribution in [0.25, 0.3) is 0 Å². The average Bonchev–Trinajstić information content (AvgIpc) is 2.40. The lowest BCUT2D eigenvalue weighted by Crippen LogP contribution is -2.32. The fourth-order valence-corrected chi connectivity index (χ4v) is 3.43. The highest BCUT2D eigenvalue weighted by atomic mass is 28.4. The van der Waals surface area contributed by atoms with E-state index < -0.39 is 8.32 Å². The van der Waals surface area contributed by atoms with Crippen LogP contribution in [0.15, 0.2) is 11.6 Å². The minimum absolute atomic E-state index is 0.299. The molecule has 2 nitrogen and oxygen atoms in total. The van der Waals surface area contributed by atoms with Gasteiger partial charge in [0.15, 0.2) is 14.4 Å². The van der Waals surface area contributed by atoms with Gasteiger partial charge in [0.1, 0.15) is 0 Å². The molecule has 1 atom stereocenters. The van der Waals surface area contributed by atoms with Crippen LogP contribution >= 0.6 is 0 Å². The van der Waals surface area contributed by atoms with Gasteiger partial charge in [-0.3, -0.25) is 0 Å². The minimum atomic E-state index is -1.65. The van der Waals surface area contributed by atoms with Gasteiger partial charge in [0.2, 0.25) is 0 Å². The zero-order chi connectivity index (χ0) is 14.1. The van der Waals surface area contributed by atoms with Crippen LogP contribution in [0.2, 0.25) is 19.6 Å². The van der Waals surface area contributed by atoms with Crippen molar-refractivity contribution in [1.82, 2.24) is 0 Å². The van der Waals surface area contributed by atoms with Crippen molar-refractivity contribution in [2.75, 3.05) is 0 Å². The Balaban J connectivity index is 2.66. The Labute approximate surface area is 120 Å². The summed E-state index contributed by atoms with van der Waals surface area (Å²) >= 11 is 0. The molecule has 0 aromatic rings. The summed E-state index contributed by atoms with van der Waals surface area (Å²) in [5.74, 6) is 0. The highest BCUT2D eigenvalue weighted by Gasteiger charge is 2.23. The predicted molar refractivity (Wildman–Crippen MR) is 83.5 cm³/mol.